The Morgan fingerprint density at radius 1 is 0.938 bits per heavy atom. The minimum atomic E-state index is -3.61. The van der Waals surface area contributed by atoms with Gasteiger partial charge >= 0.3 is 0 Å². The van der Waals surface area contributed by atoms with Gasteiger partial charge in [0, 0.05) is 37.5 Å². The Bertz CT molecular complexity index is 1160. The number of rotatable bonds is 4. The second-order valence-electron chi connectivity index (χ2n) is 7.88. The van der Waals surface area contributed by atoms with Crippen molar-refractivity contribution < 1.29 is 31.5 Å². The molecule has 0 bridgehead atoms. The average Bonchev–Trinajstić information content (AvgIpc) is 2.71. The molecule has 3 rings (SSSR count). The zero-order chi connectivity index (χ0) is 23.8. The van der Waals surface area contributed by atoms with E-state index >= 15 is 0 Å². The molecule has 7 nitrogen and oxygen atoms in total. The van der Waals surface area contributed by atoms with Gasteiger partial charge in [-0.1, -0.05) is 0 Å². The molecule has 1 aliphatic heterocycles. The Hall–Kier alpha value is -3.01. The molecule has 0 N–H and O–H groups in total. The summed E-state index contributed by atoms with van der Waals surface area (Å²) in [7, 11) is -2.21. The number of benzene rings is 2. The molecule has 0 aromatic heterocycles. The molecule has 2 atom stereocenters. The number of nitrogens with zero attached hydrogens (tertiary/aromatic N) is 2. The van der Waals surface area contributed by atoms with Crippen LogP contribution in [0.25, 0.3) is 0 Å². The van der Waals surface area contributed by atoms with Crippen LogP contribution >= 0.6 is 0 Å². The van der Waals surface area contributed by atoms with E-state index in [1.165, 1.54) is 35.1 Å². The van der Waals surface area contributed by atoms with Crippen molar-refractivity contribution in [1.82, 2.24) is 9.80 Å². The number of carbonyl (C=O) groups is 2. The van der Waals surface area contributed by atoms with Crippen molar-refractivity contribution in [3.63, 3.8) is 0 Å². The van der Waals surface area contributed by atoms with Crippen LogP contribution in [0.15, 0.2) is 41.3 Å². The molecule has 1 saturated heterocycles. The van der Waals surface area contributed by atoms with Gasteiger partial charge < -0.3 is 14.5 Å². The molecular weight excluding hydrogens is 442 g/mol. The quantitative estimate of drug-likeness (QED) is 0.692. The summed E-state index contributed by atoms with van der Waals surface area (Å²) in [5, 5.41) is 0. The SMILES string of the molecule is COc1ccc(C(=O)N2[C@H](C)CN(C(=O)c3ccc(S(C)(=O)=O)cc3F)C[C@H]2C)c(F)c1. The molecule has 1 heterocycles. The lowest BCUT2D eigenvalue weighted by Crippen LogP contribution is -2.60. The van der Waals surface area contributed by atoms with Crippen molar-refractivity contribution in [3.8, 4) is 5.75 Å². The lowest BCUT2D eigenvalue weighted by atomic mass is 10.0. The molecule has 0 unspecified atom stereocenters. The van der Waals surface area contributed by atoms with E-state index in [9.17, 15) is 26.8 Å². The average molecular weight is 467 g/mol. The van der Waals surface area contributed by atoms with Crippen LogP contribution in [0, 0.1) is 11.6 Å². The van der Waals surface area contributed by atoms with Crippen LogP contribution in [0.3, 0.4) is 0 Å². The first-order valence-corrected chi connectivity index (χ1v) is 11.8. The highest BCUT2D eigenvalue weighted by atomic mass is 32.2. The Balaban J connectivity index is 1.80. The molecule has 1 fully saturated rings. The first kappa shape index (κ1) is 23.6. The number of hydrogen-bond donors (Lipinski definition) is 0. The number of methoxy groups -OCH3 is 1. The summed E-state index contributed by atoms with van der Waals surface area (Å²) in [4.78, 5) is 28.6. The highest BCUT2D eigenvalue weighted by Crippen LogP contribution is 2.25. The Morgan fingerprint density at radius 3 is 1.97 bits per heavy atom. The second kappa shape index (κ2) is 8.85. The third kappa shape index (κ3) is 4.59. The third-order valence-electron chi connectivity index (χ3n) is 5.45. The predicted molar refractivity (Wildman–Crippen MR) is 113 cm³/mol. The summed E-state index contributed by atoms with van der Waals surface area (Å²) < 4.78 is 57.0. The number of halogens is 2. The maximum Gasteiger partial charge on any atom is 0.257 e. The zero-order valence-electron chi connectivity index (χ0n) is 18.1. The maximum atomic E-state index is 14.5. The normalized spacial score (nSPS) is 19.1. The van der Waals surface area contributed by atoms with E-state index in [-0.39, 0.29) is 29.1 Å². The van der Waals surface area contributed by atoms with Gasteiger partial charge in [0.25, 0.3) is 11.8 Å². The molecule has 10 heteroatoms. The molecule has 1 aliphatic rings. The van der Waals surface area contributed by atoms with Crippen molar-refractivity contribution in [2.24, 2.45) is 0 Å². The molecule has 0 radical (unpaired) electrons. The first-order valence-electron chi connectivity index (χ1n) is 9.89. The molecule has 0 spiro atoms. The Morgan fingerprint density at radius 2 is 1.47 bits per heavy atom. The fraction of sp³-hybridized carbons (Fsp3) is 0.364. The van der Waals surface area contributed by atoms with Gasteiger partial charge in [-0.3, -0.25) is 9.59 Å². The van der Waals surface area contributed by atoms with E-state index in [2.05, 4.69) is 0 Å². The lowest BCUT2D eigenvalue weighted by molar-refractivity contribution is 0.0249. The summed E-state index contributed by atoms with van der Waals surface area (Å²) in [6.07, 6.45) is 0.953. The predicted octanol–water partition coefficient (Wildman–Crippen LogP) is 2.75. The first-order chi connectivity index (χ1) is 14.9. The monoisotopic (exact) mass is 466 g/mol. The number of amides is 2. The Kier molecular flexibility index (Phi) is 6.54. The molecule has 32 heavy (non-hydrogen) atoms. The van der Waals surface area contributed by atoms with E-state index in [1.807, 2.05) is 0 Å². The van der Waals surface area contributed by atoms with Gasteiger partial charge in [-0.2, -0.15) is 0 Å². The van der Waals surface area contributed by atoms with Crippen molar-refractivity contribution in [3.05, 3.63) is 59.2 Å². The van der Waals surface area contributed by atoms with E-state index < -0.39 is 45.4 Å². The van der Waals surface area contributed by atoms with Gasteiger partial charge in [0.1, 0.15) is 17.4 Å². The Labute approximate surface area is 185 Å². The molecule has 0 saturated carbocycles. The summed E-state index contributed by atoms with van der Waals surface area (Å²) in [6.45, 7) is 3.66. The van der Waals surface area contributed by atoms with E-state index in [1.54, 1.807) is 13.8 Å². The van der Waals surface area contributed by atoms with Crippen LogP contribution in [0.4, 0.5) is 8.78 Å². The summed E-state index contributed by atoms with van der Waals surface area (Å²) in [5.74, 6) is -2.47. The zero-order valence-corrected chi connectivity index (χ0v) is 18.9. The van der Waals surface area contributed by atoms with Gasteiger partial charge in [-0.05, 0) is 44.2 Å². The van der Waals surface area contributed by atoms with Crippen LogP contribution in [-0.4, -0.2) is 68.6 Å². The number of sulfone groups is 1. The second-order valence-corrected chi connectivity index (χ2v) is 9.90. The number of hydrogen-bond acceptors (Lipinski definition) is 5. The molecule has 2 amide bonds. The van der Waals surface area contributed by atoms with Crippen molar-refractivity contribution in [2.45, 2.75) is 30.8 Å². The van der Waals surface area contributed by atoms with E-state index in [0.717, 1.165) is 24.5 Å². The van der Waals surface area contributed by atoms with E-state index in [4.69, 9.17) is 4.74 Å². The molecule has 172 valence electrons. The van der Waals surface area contributed by atoms with Gasteiger partial charge in [-0.15, -0.1) is 0 Å². The smallest absolute Gasteiger partial charge is 0.257 e. The van der Waals surface area contributed by atoms with Crippen molar-refractivity contribution in [2.75, 3.05) is 26.5 Å². The topological polar surface area (TPSA) is 84.0 Å². The van der Waals surface area contributed by atoms with Crippen molar-refractivity contribution in [1.29, 1.82) is 0 Å². The fourth-order valence-corrected chi connectivity index (χ4v) is 4.53. The van der Waals surface area contributed by atoms with Crippen LogP contribution in [0.5, 0.6) is 5.75 Å². The minimum Gasteiger partial charge on any atom is -0.497 e. The van der Waals surface area contributed by atoms with Gasteiger partial charge in [-0.25, -0.2) is 17.2 Å². The molecule has 2 aromatic carbocycles. The van der Waals surface area contributed by atoms with E-state index in [0.29, 0.717) is 5.75 Å². The molecule has 0 aliphatic carbocycles. The van der Waals surface area contributed by atoms with Crippen LogP contribution < -0.4 is 4.74 Å². The standard InChI is InChI=1S/C22H24F2N2O5S/c1-13-11-25(21(27)17-8-6-16(10-20(17)24)32(4,29)30)12-14(2)26(13)22(28)18-7-5-15(31-3)9-19(18)23/h5-10,13-14H,11-12H2,1-4H3/t13-,14-/m1/s1. The van der Waals surface area contributed by atoms with Gasteiger partial charge in [0.05, 0.1) is 23.1 Å². The highest BCUT2D eigenvalue weighted by Gasteiger charge is 2.37. The lowest BCUT2D eigenvalue weighted by Gasteiger charge is -2.44. The summed E-state index contributed by atoms with van der Waals surface area (Å²) >= 11 is 0. The molecular formula is C22H24F2N2O5S. The van der Waals surface area contributed by atoms with Gasteiger partial charge in [0.15, 0.2) is 9.84 Å². The molecule has 2 aromatic rings. The highest BCUT2D eigenvalue weighted by molar-refractivity contribution is 7.90. The van der Waals surface area contributed by atoms with Gasteiger partial charge in [0.2, 0.25) is 0 Å². The minimum absolute atomic E-state index is 0.105. The number of ether oxygens (including phenoxy) is 1. The van der Waals surface area contributed by atoms with Crippen molar-refractivity contribution >= 4 is 21.7 Å². The largest absolute Gasteiger partial charge is 0.497 e. The van der Waals surface area contributed by atoms with Crippen LogP contribution in [-0.2, 0) is 9.84 Å². The third-order valence-corrected chi connectivity index (χ3v) is 6.56. The van der Waals surface area contributed by atoms with Crippen LogP contribution in [0.2, 0.25) is 0 Å². The number of piperazine rings is 1. The number of carbonyl (C=O) groups excluding carboxylic acids is 2. The summed E-state index contributed by atoms with van der Waals surface area (Å²) in [6, 6.07) is 6.20. The van der Waals surface area contributed by atoms with Crippen LogP contribution in [0.1, 0.15) is 34.6 Å². The summed E-state index contributed by atoms with van der Waals surface area (Å²) in [5.41, 5.74) is -0.357. The maximum absolute atomic E-state index is 14.5. The fourth-order valence-electron chi connectivity index (χ4n) is 3.89.